The first-order chi connectivity index (χ1) is 11.0. The van der Waals surface area contributed by atoms with E-state index >= 15 is 0 Å². The van der Waals surface area contributed by atoms with Crippen LogP contribution in [0, 0.1) is 17.5 Å². The highest BCUT2D eigenvalue weighted by Crippen LogP contribution is 2.28. The van der Waals surface area contributed by atoms with Crippen LogP contribution in [0.15, 0.2) is 34.9 Å². The summed E-state index contributed by atoms with van der Waals surface area (Å²) in [5.74, 6) is -3.04. The maximum Gasteiger partial charge on any atom is 0.200 e. The predicted molar refractivity (Wildman–Crippen MR) is 81.1 cm³/mol. The zero-order valence-electron chi connectivity index (χ0n) is 11.8. The highest BCUT2D eigenvalue weighted by atomic mass is 79.9. The van der Waals surface area contributed by atoms with E-state index in [1.807, 2.05) is 0 Å². The first kappa shape index (κ1) is 15.8. The fourth-order valence-electron chi connectivity index (χ4n) is 2.13. The Morgan fingerprint density at radius 3 is 2.65 bits per heavy atom. The van der Waals surface area contributed by atoms with Crippen LogP contribution >= 0.6 is 15.9 Å². The number of hydrogen-bond acceptors (Lipinski definition) is 3. The van der Waals surface area contributed by atoms with Gasteiger partial charge in [0.2, 0.25) is 5.82 Å². The summed E-state index contributed by atoms with van der Waals surface area (Å²) in [6, 6.07) is 5.03. The summed E-state index contributed by atoms with van der Waals surface area (Å²) in [6.07, 6.45) is 1.50. The number of halogens is 4. The van der Waals surface area contributed by atoms with Crippen molar-refractivity contribution in [1.82, 2.24) is 9.78 Å². The van der Waals surface area contributed by atoms with E-state index in [0.717, 1.165) is 6.07 Å². The maximum absolute atomic E-state index is 13.8. The SMILES string of the molecule is COCOc1cc(-n2ncc3cc(Br)c(F)cc32)cc(F)c1F. The molecule has 0 atom stereocenters. The van der Waals surface area contributed by atoms with E-state index in [-0.39, 0.29) is 18.2 Å². The Balaban J connectivity index is 2.15. The Morgan fingerprint density at radius 1 is 1.13 bits per heavy atom. The molecule has 0 spiro atoms. The van der Waals surface area contributed by atoms with Crippen LogP contribution in [0.3, 0.4) is 0 Å². The van der Waals surface area contributed by atoms with Crippen LogP contribution in [0.2, 0.25) is 0 Å². The molecule has 0 aliphatic heterocycles. The average molecular weight is 387 g/mol. The zero-order chi connectivity index (χ0) is 16.6. The van der Waals surface area contributed by atoms with Crippen molar-refractivity contribution in [1.29, 1.82) is 0 Å². The second-order valence-corrected chi connectivity index (χ2v) is 5.53. The van der Waals surface area contributed by atoms with Crippen LogP contribution in [0.1, 0.15) is 0 Å². The molecule has 1 heterocycles. The molecule has 0 aliphatic carbocycles. The highest BCUT2D eigenvalue weighted by Gasteiger charge is 2.16. The third kappa shape index (κ3) is 2.91. The van der Waals surface area contributed by atoms with Crippen molar-refractivity contribution in [3.8, 4) is 11.4 Å². The molecule has 0 fully saturated rings. The van der Waals surface area contributed by atoms with Gasteiger partial charge in [0, 0.05) is 30.7 Å². The van der Waals surface area contributed by atoms with Crippen LogP contribution in [0.25, 0.3) is 16.6 Å². The average Bonchev–Trinajstić information content (AvgIpc) is 2.92. The largest absolute Gasteiger partial charge is 0.464 e. The summed E-state index contributed by atoms with van der Waals surface area (Å²) < 4.78 is 52.5. The first-order valence-corrected chi connectivity index (χ1v) is 7.24. The third-order valence-corrected chi connectivity index (χ3v) is 3.77. The monoisotopic (exact) mass is 386 g/mol. The molecule has 120 valence electrons. The van der Waals surface area contributed by atoms with Crippen LogP contribution in [0.4, 0.5) is 13.2 Å². The molecule has 2 aromatic carbocycles. The Morgan fingerprint density at radius 2 is 1.91 bits per heavy atom. The summed E-state index contributed by atoms with van der Waals surface area (Å²) in [4.78, 5) is 0. The summed E-state index contributed by atoms with van der Waals surface area (Å²) >= 11 is 3.09. The van der Waals surface area contributed by atoms with Gasteiger partial charge in [-0.1, -0.05) is 0 Å². The van der Waals surface area contributed by atoms with Crippen molar-refractivity contribution >= 4 is 26.8 Å². The van der Waals surface area contributed by atoms with Crippen molar-refractivity contribution < 1.29 is 22.6 Å². The van der Waals surface area contributed by atoms with Gasteiger partial charge in [-0.2, -0.15) is 9.49 Å². The van der Waals surface area contributed by atoms with Crippen molar-refractivity contribution in [2.24, 2.45) is 0 Å². The number of benzene rings is 2. The topological polar surface area (TPSA) is 36.3 Å². The van der Waals surface area contributed by atoms with E-state index in [1.54, 1.807) is 6.07 Å². The van der Waals surface area contributed by atoms with Gasteiger partial charge >= 0.3 is 0 Å². The Labute approximate surface area is 137 Å². The Kier molecular flexibility index (Phi) is 4.27. The fourth-order valence-corrected chi connectivity index (χ4v) is 2.49. The first-order valence-electron chi connectivity index (χ1n) is 6.45. The quantitative estimate of drug-likeness (QED) is 0.630. The van der Waals surface area contributed by atoms with Crippen LogP contribution < -0.4 is 4.74 Å². The van der Waals surface area contributed by atoms with E-state index in [1.165, 1.54) is 30.1 Å². The molecule has 0 radical (unpaired) electrons. The van der Waals surface area contributed by atoms with Gasteiger partial charge < -0.3 is 9.47 Å². The summed E-state index contributed by atoms with van der Waals surface area (Å²) in [6.45, 7) is -0.235. The molecule has 3 rings (SSSR count). The van der Waals surface area contributed by atoms with Gasteiger partial charge in [-0.25, -0.2) is 13.5 Å². The van der Waals surface area contributed by atoms with Crippen LogP contribution in [0.5, 0.6) is 5.75 Å². The molecule has 8 heteroatoms. The van der Waals surface area contributed by atoms with Crippen molar-refractivity contribution in [3.63, 3.8) is 0 Å². The van der Waals surface area contributed by atoms with Crippen LogP contribution in [-0.4, -0.2) is 23.7 Å². The number of nitrogens with zero attached hydrogens (tertiary/aromatic N) is 2. The lowest BCUT2D eigenvalue weighted by Crippen LogP contribution is -2.05. The van der Waals surface area contributed by atoms with Crippen molar-refractivity contribution in [2.45, 2.75) is 0 Å². The molecular weight excluding hydrogens is 377 g/mol. The van der Waals surface area contributed by atoms with E-state index in [4.69, 9.17) is 4.74 Å². The maximum atomic E-state index is 13.8. The molecule has 23 heavy (non-hydrogen) atoms. The molecule has 0 bridgehead atoms. The summed E-state index contributed by atoms with van der Waals surface area (Å²) in [5.41, 5.74) is 0.612. The van der Waals surface area contributed by atoms with Gasteiger partial charge in [0.1, 0.15) is 5.82 Å². The molecule has 3 aromatic rings. The number of hydrogen-bond donors (Lipinski definition) is 0. The third-order valence-electron chi connectivity index (χ3n) is 3.17. The normalized spacial score (nSPS) is 11.2. The molecule has 0 saturated carbocycles. The molecule has 0 unspecified atom stereocenters. The Bertz CT molecular complexity index is 883. The smallest absolute Gasteiger partial charge is 0.200 e. The molecule has 0 N–H and O–H groups in total. The molecule has 0 aliphatic rings. The summed E-state index contributed by atoms with van der Waals surface area (Å²) in [5, 5.41) is 4.73. The van der Waals surface area contributed by atoms with Gasteiger partial charge in [0.05, 0.1) is 21.9 Å². The molecule has 1 aromatic heterocycles. The van der Waals surface area contributed by atoms with Gasteiger partial charge in [-0.05, 0) is 22.0 Å². The van der Waals surface area contributed by atoms with E-state index in [2.05, 4.69) is 25.8 Å². The summed E-state index contributed by atoms with van der Waals surface area (Å²) in [7, 11) is 1.36. The minimum Gasteiger partial charge on any atom is -0.464 e. The van der Waals surface area contributed by atoms with Gasteiger partial charge in [0.25, 0.3) is 0 Å². The number of ether oxygens (including phenoxy) is 2. The number of fused-ring (bicyclic) bond motifs is 1. The van der Waals surface area contributed by atoms with E-state index < -0.39 is 17.5 Å². The lowest BCUT2D eigenvalue weighted by Gasteiger charge is -2.10. The number of aromatic nitrogens is 2. The van der Waals surface area contributed by atoms with Gasteiger partial charge in [-0.3, -0.25) is 0 Å². The van der Waals surface area contributed by atoms with Gasteiger partial charge in [0.15, 0.2) is 18.4 Å². The van der Waals surface area contributed by atoms with E-state index in [0.29, 0.717) is 15.4 Å². The minimum absolute atomic E-state index is 0.201. The minimum atomic E-state index is -1.13. The molecule has 0 saturated heterocycles. The Hall–Kier alpha value is -2.06. The predicted octanol–water partition coefficient (Wildman–Crippen LogP) is 4.19. The number of methoxy groups -OCH3 is 1. The second-order valence-electron chi connectivity index (χ2n) is 4.67. The number of rotatable bonds is 4. The lowest BCUT2D eigenvalue weighted by atomic mass is 10.2. The second kappa shape index (κ2) is 6.21. The van der Waals surface area contributed by atoms with Gasteiger partial charge in [-0.15, -0.1) is 0 Å². The zero-order valence-corrected chi connectivity index (χ0v) is 13.4. The lowest BCUT2D eigenvalue weighted by molar-refractivity contribution is 0.0478. The molecular formula is C15H10BrF3N2O2. The van der Waals surface area contributed by atoms with Crippen molar-refractivity contribution in [2.75, 3.05) is 13.9 Å². The van der Waals surface area contributed by atoms with Crippen LogP contribution in [-0.2, 0) is 4.74 Å². The molecule has 4 nitrogen and oxygen atoms in total. The van der Waals surface area contributed by atoms with E-state index in [9.17, 15) is 13.2 Å². The molecule has 0 amide bonds. The van der Waals surface area contributed by atoms with Crippen molar-refractivity contribution in [3.05, 3.63) is 52.4 Å². The fraction of sp³-hybridized carbons (Fsp3) is 0.133. The standard InChI is InChI=1S/C15H10BrF3N2O2/c1-22-7-23-14-4-9(3-12(18)15(14)19)21-13-5-11(17)10(16)2-8(13)6-20-21/h2-6H,7H2,1H3. The highest BCUT2D eigenvalue weighted by molar-refractivity contribution is 9.10.